The molecular weight excluding hydrogens is 373 g/mol. The molecular formula is C17H16Cl3NO3. The van der Waals surface area contributed by atoms with Crippen LogP contribution >= 0.6 is 34.8 Å². The minimum atomic E-state index is -1.77. The van der Waals surface area contributed by atoms with Gasteiger partial charge in [-0.15, -0.1) is 0 Å². The molecule has 4 nitrogen and oxygen atoms in total. The third kappa shape index (κ3) is 4.47. The highest BCUT2D eigenvalue weighted by atomic mass is 35.6. The van der Waals surface area contributed by atoms with Gasteiger partial charge in [0.05, 0.1) is 14.2 Å². The molecule has 1 N–H and O–H groups in total. The summed E-state index contributed by atoms with van der Waals surface area (Å²) in [5.74, 6) is 0.678. The highest BCUT2D eigenvalue weighted by Gasteiger charge is 2.37. The first-order valence-electron chi connectivity index (χ1n) is 7.01. The van der Waals surface area contributed by atoms with E-state index in [0.717, 1.165) is 0 Å². The van der Waals surface area contributed by atoms with Crippen LogP contribution in [0, 0.1) is 0 Å². The smallest absolute Gasteiger partial charge is 0.251 e. The average Bonchev–Trinajstić information content (AvgIpc) is 2.58. The van der Waals surface area contributed by atoms with Crippen molar-refractivity contribution in [3.05, 3.63) is 59.7 Å². The maximum atomic E-state index is 12.4. The van der Waals surface area contributed by atoms with Crippen LogP contribution in [-0.4, -0.2) is 23.9 Å². The van der Waals surface area contributed by atoms with Crippen LogP contribution in [0.25, 0.3) is 0 Å². The maximum absolute atomic E-state index is 12.4. The zero-order valence-electron chi connectivity index (χ0n) is 13.1. The lowest BCUT2D eigenvalue weighted by atomic mass is 10.1. The number of hydrogen-bond acceptors (Lipinski definition) is 3. The fraction of sp³-hybridized carbons (Fsp3) is 0.235. The minimum absolute atomic E-state index is 0.357. The van der Waals surface area contributed by atoms with Crippen molar-refractivity contribution in [2.24, 2.45) is 0 Å². The van der Waals surface area contributed by atoms with E-state index in [-0.39, 0.29) is 5.91 Å². The molecule has 0 aromatic heterocycles. The molecule has 0 radical (unpaired) electrons. The summed E-state index contributed by atoms with van der Waals surface area (Å²) in [5, 5.41) is 2.75. The van der Waals surface area contributed by atoms with E-state index in [0.29, 0.717) is 22.6 Å². The van der Waals surface area contributed by atoms with Crippen molar-refractivity contribution in [3.63, 3.8) is 0 Å². The first kappa shape index (κ1) is 18.7. The van der Waals surface area contributed by atoms with Crippen LogP contribution in [0.5, 0.6) is 11.5 Å². The van der Waals surface area contributed by atoms with Crippen molar-refractivity contribution >= 4 is 40.7 Å². The molecule has 128 valence electrons. The maximum Gasteiger partial charge on any atom is 0.251 e. The van der Waals surface area contributed by atoms with Gasteiger partial charge in [0.15, 0.2) is 0 Å². The topological polar surface area (TPSA) is 47.6 Å². The molecule has 2 rings (SSSR count). The van der Waals surface area contributed by atoms with Crippen molar-refractivity contribution in [2.75, 3.05) is 14.2 Å². The second-order valence-electron chi connectivity index (χ2n) is 4.92. The van der Waals surface area contributed by atoms with Gasteiger partial charge in [-0.25, -0.2) is 0 Å². The van der Waals surface area contributed by atoms with E-state index in [9.17, 15) is 4.79 Å². The molecule has 0 spiro atoms. The molecule has 0 saturated heterocycles. The van der Waals surface area contributed by atoms with Gasteiger partial charge in [-0.3, -0.25) is 4.79 Å². The van der Waals surface area contributed by atoms with Crippen molar-refractivity contribution in [2.45, 2.75) is 9.83 Å². The summed E-state index contributed by atoms with van der Waals surface area (Å²) < 4.78 is 8.73. The van der Waals surface area contributed by atoms with Gasteiger partial charge in [-0.05, 0) is 24.3 Å². The lowest BCUT2D eigenvalue weighted by Gasteiger charge is -2.27. The molecule has 1 unspecified atom stereocenters. The largest absolute Gasteiger partial charge is 0.497 e. The third-order valence-corrected chi connectivity index (χ3v) is 4.05. The average molecular weight is 389 g/mol. The highest BCUT2D eigenvalue weighted by Crippen LogP contribution is 2.43. The second-order valence-corrected chi connectivity index (χ2v) is 7.29. The van der Waals surface area contributed by atoms with Gasteiger partial charge in [0.1, 0.15) is 17.5 Å². The fourth-order valence-corrected chi connectivity index (χ4v) is 2.71. The predicted molar refractivity (Wildman–Crippen MR) is 96.5 cm³/mol. The number of nitrogens with one attached hydrogen (secondary N) is 1. The number of hydrogen-bond donors (Lipinski definition) is 1. The predicted octanol–water partition coefficient (Wildman–Crippen LogP) is 4.55. The Hall–Kier alpha value is -1.62. The lowest BCUT2D eigenvalue weighted by molar-refractivity contribution is 0.0936. The highest BCUT2D eigenvalue weighted by molar-refractivity contribution is 6.68. The monoisotopic (exact) mass is 387 g/mol. The van der Waals surface area contributed by atoms with E-state index in [4.69, 9.17) is 44.3 Å². The Balaban J connectivity index is 2.38. The first-order chi connectivity index (χ1) is 11.4. The van der Waals surface area contributed by atoms with E-state index in [2.05, 4.69) is 5.32 Å². The SMILES string of the molecule is COc1ccc(C(NC(=O)c2ccccc2)C(Cl)(Cl)Cl)c(OC)c1. The van der Waals surface area contributed by atoms with Crippen LogP contribution in [-0.2, 0) is 0 Å². The molecule has 0 heterocycles. The molecule has 24 heavy (non-hydrogen) atoms. The van der Waals surface area contributed by atoms with E-state index < -0.39 is 9.83 Å². The number of methoxy groups -OCH3 is 2. The molecule has 0 aliphatic rings. The Morgan fingerprint density at radius 2 is 1.71 bits per heavy atom. The number of amides is 1. The molecule has 0 fully saturated rings. The van der Waals surface area contributed by atoms with Crippen LogP contribution in [0.1, 0.15) is 22.0 Å². The van der Waals surface area contributed by atoms with Crippen LogP contribution in [0.3, 0.4) is 0 Å². The van der Waals surface area contributed by atoms with Gasteiger partial charge in [0.2, 0.25) is 3.79 Å². The van der Waals surface area contributed by atoms with Crippen molar-refractivity contribution in [3.8, 4) is 11.5 Å². The van der Waals surface area contributed by atoms with Crippen LogP contribution in [0.2, 0.25) is 0 Å². The van der Waals surface area contributed by atoms with Gasteiger partial charge in [0, 0.05) is 17.2 Å². The summed E-state index contributed by atoms with van der Waals surface area (Å²) in [6, 6.07) is 12.8. The van der Waals surface area contributed by atoms with E-state index in [1.165, 1.54) is 14.2 Å². The zero-order valence-corrected chi connectivity index (χ0v) is 15.3. The Morgan fingerprint density at radius 3 is 2.25 bits per heavy atom. The number of carbonyl (C=O) groups excluding carboxylic acids is 1. The van der Waals surface area contributed by atoms with E-state index >= 15 is 0 Å². The molecule has 0 saturated carbocycles. The molecule has 0 aliphatic carbocycles. The summed E-state index contributed by atoms with van der Waals surface area (Å²) >= 11 is 18.3. The van der Waals surface area contributed by atoms with Crippen molar-refractivity contribution < 1.29 is 14.3 Å². The molecule has 2 aromatic carbocycles. The van der Waals surface area contributed by atoms with Crippen molar-refractivity contribution in [1.82, 2.24) is 5.32 Å². The van der Waals surface area contributed by atoms with Crippen molar-refractivity contribution in [1.29, 1.82) is 0 Å². The van der Waals surface area contributed by atoms with Gasteiger partial charge in [-0.2, -0.15) is 0 Å². The Bertz CT molecular complexity index is 702. The number of benzene rings is 2. The summed E-state index contributed by atoms with van der Waals surface area (Å²) in [6.07, 6.45) is 0. The second kappa shape index (κ2) is 7.97. The number of alkyl halides is 3. The Labute approximate surface area is 155 Å². The van der Waals surface area contributed by atoms with Crippen LogP contribution in [0.15, 0.2) is 48.5 Å². The quantitative estimate of drug-likeness (QED) is 0.765. The number of rotatable bonds is 5. The summed E-state index contributed by atoms with van der Waals surface area (Å²) in [7, 11) is 3.03. The zero-order chi connectivity index (χ0) is 17.7. The van der Waals surface area contributed by atoms with Gasteiger partial charge in [0.25, 0.3) is 5.91 Å². The van der Waals surface area contributed by atoms with Gasteiger partial charge < -0.3 is 14.8 Å². The standard InChI is InChI=1S/C17H16Cl3NO3/c1-23-12-8-9-13(14(10-12)24-2)15(17(18,19)20)21-16(22)11-6-4-3-5-7-11/h3-10,15H,1-2H3,(H,21,22). The van der Waals surface area contributed by atoms with E-state index in [1.54, 1.807) is 42.5 Å². The fourth-order valence-electron chi connectivity index (χ4n) is 2.20. The van der Waals surface area contributed by atoms with Crippen LogP contribution in [0.4, 0.5) is 0 Å². The number of halogens is 3. The Morgan fingerprint density at radius 1 is 1.04 bits per heavy atom. The molecule has 7 heteroatoms. The molecule has 0 bridgehead atoms. The molecule has 1 amide bonds. The lowest BCUT2D eigenvalue weighted by Crippen LogP contribution is -2.36. The molecule has 2 aromatic rings. The third-order valence-electron chi connectivity index (χ3n) is 3.39. The normalized spacial score (nSPS) is 12.4. The van der Waals surface area contributed by atoms with Gasteiger partial charge >= 0.3 is 0 Å². The number of ether oxygens (including phenoxy) is 2. The summed E-state index contributed by atoms with van der Waals surface area (Å²) in [4.78, 5) is 12.4. The van der Waals surface area contributed by atoms with E-state index in [1.807, 2.05) is 6.07 Å². The minimum Gasteiger partial charge on any atom is -0.497 e. The first-order valence-corrected chi connectivity index (χ1v) is 8.14. The molecule has 0 aliphatic heterocycles. The summed E-state index contributed by atoms with van der Waals surface area (Å²) in [6.45, 7) is 0. The van der Waals surface area contributed by atoms with Crippen LogP contribution < -0.4 is 14.8 Å². The summed E-state index contributed by atoms with van der Waals surface area (Å²) in [5.41, 5.74) is 0.992. The Kier molecular flexibility index (Phi) is 6.21. The molecule has 1 atom stereocenters. The van der Waals surface area contributed by atoms with Gasteiger partial charge in [-0.1, -0.05) is 53.0 Å². The number of carbonyl (C=O) groups is 1.